The molecule has 2 aromatic carbocycles. The number of rotatable bonds is 10. The van der Waals surface area contributed by atoms with Gasteiger partial charge in [0.2, 0.25) is 5.88 Å². The first-order valence-corrected chi connectivity index (χ1v) is 9.82. The Kier molecular flexibility index (Phi) is 7.41. The number of aryl methyl sites for hydroxylation is 1. The van der Waals surface area contributed by atoms with Crippen LogP contribution in [0.5, 0.6) is 11.6 Å². The van der Waals surface area contributed by atoms with Crippen molar-refractivity contribution in [3.63, 3.8) is 0 Å². The molecule has 0 unspecified atom stereocenters. The van der Waals surface area contributed by atoms with E-state index in [2.05, 4.69) is 4.90 Å². The van der Waals surface area contributed by atoms with Crippen LogP contribution in [0.15, 0.2) is 60.7 Å². The maximum Gasteiger partial charge on any atom is 0.222 e. The lowest BCUT2D eigenvalue weighted by Crippen LogP contribution is -2.33. The van der Waals surface area contributed by atoms with Crippen LogP contribution in [0, 0.1) is 0 Å². The number of methoxy groups -OCH3 is 1. The number of ether oxygens (including phenoxy) is 2. The summed E-state index contributed by atoms with van der Waals surface area (Å²) in [4.78, 5) is 2.16. The van der Waals surface area contributed by atoms with E-state index in [0.717, 1.165) is 22.6 Å². The molecule has 0 saturated heterocycles. The third kappa shape index (κ3) is 5.67. The fourth-order valence-electron chi connectivity index (χ4n) is 3.30. The highest BCUT2D eigenvalue weighted by Crippen LogP contribution is 2.34. The number of nitrogens with zero attached hydrogens (tertiary/aromatic N) is 3. The minimum atomic E-state index is -0.442. The molecule has 0 fully saturated rings. The van der Waals surface area contributed by atoms with Crippen molar-refractivity contribution >= 4 is 0 Å². The number of hydrogen-bond acceptors (Lipinski definition) is 5. The van der Waals surface area contributed by atoms with E-state index in [4.69, 9.17) is 14.6 Å². The van der Waals surface area contributed by atoms with Gasteiger partial charge in [-0.15, -0.1) is 0 Å². The average Bonchev–Trinajstić information content (AvgIpc) is 3.02. The molecule has 3 aromatic rings. The van der Waals surface area contributed by atoms with E-state index >= 15 is 0 Å². The summed E-state index contributed by atoms with van der Waals surface area (Å²) in [6.45, 7) is 4.21. The van der Waals surface area contributed by atoms with E-state index in [1.54, 1.807) is 18.7 Å². The molecule has 0 radical (unpaired) electrons. The maximum absolute atomic E-state index is 9.96. The minimum absolute atomic E-state index is 0.442. The first-order chi connectivity index (χ1) is 14.1. The molecule has 6 nitrogen and oxygen atoms in total. The quantitative estimate of drug-likeness (QED) is 0.567. The number of aliphatic hydroxyl groups excluding tert-OH is 1. The topological polar surface area (TPSA) is 59.8 Å². The first kappa shape index (κ1) is 21.0. The summed E-state index contributed by atoms with van der Waals surface area (Å²) in [5.41, 5.74) is 2.90. The van der Waals surface area contributed by atoms with E-state index in [-0.39, 0.29) is 0 Å². The molecule has 0 aliphatic heterocycles. The van der Waals surface area contributed by atoms with Crippen LogP contribution in [0.25, 0.3) is 11.3 Å². The van der Waals surface area contributed by atoms with Crippen molar-refractivity contribution < 1.29 is 14.6 Å². The fraction of sp³-hybridized carbons (Fsp3) is 0.348. The summed E-state index contributed by atoms with van der Waals surface area (Å²) in [6.07, 6.45) is -0.442. The second-order valence-corrected chi connectivity index (χ2v) is 7.11. The number of para-hydroxylation sites is 1. The van der Waals surface area contributed by atoms with Crippen molar-refractivity contribution in [1.82, 2.24) is 14.7 Å². The van der Waals surface area contributed by atoms with Gasteiger partial charge < -0.3 is 14.6 Å². The summed E-state index contributed by atoms with van der Waals surface area (Å²) in [7, 11) is 3.58. The summed E-state index contributed by atoms with van der Waals surface area (Å²) in [6, 6.07) is 19.8. The number of aromatic nitrogens is 2. The van der Waals surface area contributed by atoms with Gasteiger partial charge in [-0.3, -0.25) is 4.90 Å². The van der Waals surface area contributed by atoms with Crippen LogP contribution in [0.2, 0.25) is 0 Å². The van der Waals surface area contributed by atoms with E-state index in [9.17, 15) is 5.11 Å². The second kappa shape index (κ2) is 10.2. The number of hydrogen-bond donors (Lipinski definition) is 1. The Balaban J connectivity index is 2.00. The predicted molar refractivity (Wildman–Crippen MR) is 114 cm³/mol. The lowest BCUT2D eigenvalue weighted by Gasteiger charge is -2.24. The average molecular weight is 396 g/mol. The van der Waals surface area contributed by atoms with Crippen molar-refractivity contribution in [2.24, 2.45) is 7.05 Å². The largest absolute Gasteiger partial charge is 0.439 e. The van der Waals surface area contributed by atoms with E-state index in [1.165, 1.54) is 0 Å². The molecule has 1 aromatic heterocycles. The van der Waals surface area contributed by atoms with E-state index < -0.39 is 6.10 Å². The molecule has 0 saturated carbocycles. The van der Waals surface area contributed by atoms with Crippen molar-refractivity contribution in [1.29, 1.82) is 0 Å². The SMILES string of the molecule is COCCN(Cc1c(-c2ccccc2)nn(C)c1Oc1ccccc1)C[C@@H](C)O. The second-order valence-electron chi connectivity index (χ2n) is 7.11. The third-order valence-corrected chi connectivity index (χ3v) is 4.61. The molecule has 0 aliphatic carbocycles. The fourth-order valence-corrected chi connectivity index (χ4v) is 3.30. The molecule has 3 rings (SSSR count). The van der Waals surface area contributed by atoms with Crippen LogP contribution in [0.4, 0.5) is 0 Å². The molecule has 0 aliphatic rings. The normalized spacial score (nSPS) is 12.3. The monoisotopic (exact) mass is 395 g/mol. The van der Waals surface area contributed by atoms with Gasteiger partial charge in [0.15, 0.2) is 0 Å². The van der Waals surface area contributed by atoms with E-state index in [0.29, 0.717) is 32.1 Å². The summed E-state index contributed by atoms with van der Waals surface area (Å²) in [5.74, 6) is 1.46. The molecule has 0 amide bonds. The van der Waals surface area contributed by atoms with E-state index in [1.807, 2.05) is 67.7 Å². The van der Waals surface area contributed by atoms with Crippen LogP contribution >= 0.6 is 0 Å². The van der Waals surface area contributed by atoms with Gasteiger partial charge in [0.25, 0.3) is 0 Å². The third-order valence-electron chi connectivity index (χ3n) is 4.61. The smallest absolute Gasteiger partial charge is 0.222 e. The lowest BCUT2D eigenvalue weighted by atomic mass is 10.1. The Morgan fingerprint density at radius 2 is 1.72 bits per heavy atom. The van der Waals surface area contributed by atoms with Crippen molar-refractivity contribution in [2.75, 3.05) is 26.8 Å². The van der Waals surface area contributed by atoms with Crippen LogP contribution in [0.1, 0.15) is 12.5 Å². The van der Waals surface area contributed by atoms with Gasteiger partial charge in [-0.1, -0.05) is 48.5 Å². The van der Waals surface area contributed by atoms with Crippen LogP contribution in [-0.2, 0) is 18.3 Å². The van der Waals surface area contributed by atoms with Gasteiger partial charge >= 0.3 is 0 Å². The zero-order valence-corrected chi connectivity index (χ0v) is 17.3. The van der Waals surface area contributed by atoms with Crippen LogP contribution in [-0.4, -0.2) is 52.7 Å². The number of aliphatic hydroxyl groups is 1. The summed E-state index contributed by atoms with van der Waals surface area (Å²) < 4.78 is 13.3. The number of benzene rings is 2. The molecule has 1 heterocycles. The molecule has 0 bridgehead atoms. The summed E-state index contributed by atoms with van der Waals surface area (Å²) >= 11 is 0. The van der Waals surface area contributed by atoms with Crippen molar-refractivity contribution in [2.45, 2.75) is 19.6 Å². The first-order valence-electron chi connectivity index (χ1n) is 9.82. The molecule has 154 valence electrons. The Bertz CT molecular complexity index is 879. The Morgan fingerprint density at radius 1 is 1.07 bits per heavy atom. The Labute approximate surface area is 172 Å². The molecule has 0 spiro atoms. The maximum atomic E-state index is 9.96. The predicted octanol–water partition coefficient (Wildman–Crippen LogP) is 3.71. The van der Waals surface area contributed by atoms with Gasteiger partial charge in [0.05, 0.1) is 18.3 Å². The zero-order valence-electron chi connectivity index (χ0n) is 17.3. The van der Waals surface area contributed by atoms with Crippen molar-refractivity contribution in [3.8, 4) is 22.9 Å². The standard InChI is InChI=1S/C23H29N3O3/c1-18(27)16-26(14-15-28-3)17-21-22(19-10-6-4-7-11-19)24-25(2)23(21)29-20-12-8-5-9-13-20/h4-13,18,27H,14-17H2,1-3H3/t18-/m1/s1. The van der Waals surface area contributed by atoms with Gasteiger partial charge in [-0.2, -0.15) is 5.10 Å². The van der Waals surface area contributed by atoms with Gasteiger partial charge in [-0.05, 0) is 19.1 Å². The Hall–Kier alpha value is -2.67. The molecule has 1 atom stereocenters. The Morgan fingerprint density at radius 3 is 2.34 bits per heavy atom. The molecule has 6 heteroatoms. The van der Waals surface area contributed by atoms with Crippen LogP contribution in [0.3, 0.4) is 0 Å². The van der Waals surface area contributed by atoms with Gasteiger partial charge in [0.1, 0.15) is 11.4 Å². The lowest BCUT2D eigenvalue weighted by molar-refractivity contribution is 0.0936. The molecule has 1 N–H and O–H groups in total. The van der Waals surface area contributed by atoms with Gasteiger partial charge in [0, 0.05) is 39.4 Å². The van der Waals surface area contributed by atoms with Crippen molar-refractivity contribution in [3.05, 3.63) is 66.2 Å². The zero-order chi connectivity index (χ0) is 20.6. The van der Waals surface area contributed by atoms with Gasteiger partial charge in [-0.25, -0.2) is 4.68 Å². The molecular formula is C23H29N3O3. The highest BCUT2D eigenvalue weighted by atomic mass is 16.5. The molecular weight excluding hydrogens is 366 g/mol. The highest BCUT2D eigenvalue weighted by molar-refractivity contribution is 5.65. The minimum Gasteiger partial charge on any atom is -0.439 e. The molecule has 29 heavy (non-hydrogen) atoms. The highest BCUT2D eigenvalue weighted by Gasteiger charge is 2.22. The summed E-state index contributed by atoms with van der Waals surface area (Å²) in [5, 5.41) is 14.7. The van der Waals surface area contributed by atoms with Crippen LogP contribution < -0.4 is 4.74 Å².